The molecule has 0 amide bonds. The molecule has 0 aromatic carbocycles. The minimum atomic E-state index is -0.999. The van der Waals surface area contributed by atoms with Crippen LogP contribution >= 0.6 is 0 Å². The topological polar surface area (TPSA) is 75.3 Å². The normalized spacial score (nSPS) is 30.2. The van der Waals surface area contributed by atoms with Crippen molar-refractivity contribution in [2.45, 2.75) is 44.2 Å². The van der Waals surface area contributed by atoms with Gasteiger partial charge in [-0.1, -0.05) is 0 Å². The molecular formula is C11H16N2O3. The van der Waals surface area contributed by atoms with Crippen LogP contribution in [0.4, 0.5) is 0 Å². The summed E-state index contributed by atoms with van der Waals surface area (Å²) in [4.78, 5) is 14.5. The van der Waals surface area contributed by atoms with Gasteiger partial charge in [-0.3, -0.25) is 0 Å². The molecule has 88 valence electrons. The van der Waals surface area contributed by atoms with E-state index in [0.29, 0.717) is 0 Å². The fourth-order valence-corrected chi connectivity index (χ4v) is 2.17. The highest BCUT2D eigenvalue weighted by molar-refractivity contribution is 5.84. The molecule has 1 saturated carbocycles. The zero-order valence-corrected chi connectivity index (χ0v) is 9.26. The van der Waals surface area contributed by atoms with Gasteiger partial charge in [0.25, 0.3) is 0 Å². The Bertz CT molecular complexity index is 388. The van der Waals surface area contributed by atoms with E-state index in [1.807, 2.05) is 11.5 Å². The lowest BCUT2D eigenvalue weighted by Gasteiger charge is -2.33. The highest BCUT2D eigenvalue weighted by Gasteiger charge is 2.29. The fraction of sp³-hybridized carbons (Fsp3) is 0.636. The number of nitrogens with zero attached hydrogens (tertiary/aromatic N) is 2. The molecule has 0 bridgehead atoms. The number of imidazole rings is 1. The van der Waals surface area contributed by atoms with Crippen molar-refractivity contribution in [3.8, 4) is 0 Å². The Balaban J connectivity index is 2.05. The Labute approximate surface area is 93.7 Å². The maximum absolute atomic E-state index is 10.7. The summed E-state index contributed by atoms with van der Waals surface area (Å²) in [6.07, 6.45) is 6.35. The molecule has 2 rings (SSSR count). The SMILES string of the molecule is CC1(O)CCC(n2cnc(C(=O)O)c2)CC1. The summed E-state index contributed by atoms with van der Waals surface area (Å²) in [6.45, 7) is 1.85. The van der Waals surface area contributed by atoms with Crippen molar-refractivity contribution in [3.63, 3.8) is 0 Å². The second-order valence-electron chi connectivity index (χ2n) is 4.74. The average molecular weight is 224 g/mol. The molecule has 0 unspecified atom stereocenters. The van der Waals surface area contributed by atoms with E-state index in [0.717, 1.165) is 25.7 Å². The van der Waals surface area contributed by atoms with Crippen LogP contribution in [0.5, 0.6) is 0 Å². The van der Waals surface area contributed by atoms with E-state index in [-0.39, 0.29) is 11.7 Å². The van der Waals surface area contributed by atoms with Gasteiger partial charge < -0.3 is 14.8 Å². The molecule has 1 aromatic heterocycles. The Kier molecular flexibility index (Phi) is 2.71. The summed E-state index contributed by atoms with van der Waals surface area (Å²) in [6, 6.07) is 0.265. The van der Waals surface area contributed by atoms with Crippen molar-refractivity contribution in [1.82, 2.24) is 9.55 Å². The molecule has 5 nitrogen and oxygen atoms in total. The van der Waals surface area contributed by atoms with E-state index in [9.17, 15) is 9.90 Å². The number of aromatic carboxylic acids is 1. The lowest BCUT2D eigenvalue weighted by molar-refractivity contribution is 0.00989. The number of carboxylic acid groups (broad SMARTS) is 1. The van der Waals surface area contributed by atoms with Gasteiger partial charge in [-0.25, -0.2) is 9.78 Å². The Hall–Kier alpha value is -1.36. The van der Waals surface area contributed by atoms with Crippen molar-refractivity contribution in [2.75, 3.05) is 0 Å². The van der Waals surface area contributed by atoms with Crippen LogP contribution in [0.15, 0.2) is 12.5 Å². The highest BCUT2D eigenvalue weighted by Crippen LogP contribution is 2.34. The van der Waals surface area contributed by atoms with E-state index in [1.165, 1.54) is 0 Å². The first-order valence-electron chi connectivity index (χ1n) is 5.47. The molecule has 1 fully saturated rings. The largest absolute Gasteiger partial charge is 0.476 e. The Morgan fingerprint density at radius 3 is 2.69 bits per heavy atom. The van der Waals surface area contributed by atoms with E-state index >= 15 is 0 Å². The van der Waals surface area contributed by atoms with Crippen molar-refractivity contribution in [2.24, 2.45) is 0 Å². The molecule has 0 atom stereocenters. The molecular weight excluding hydrogens is 208 g/mol. The summed E-state index contributed by atoms with van der Waals surface area (Å²) in [5.41, 5.74) is -0.482. The summed E-state index contributed by atoms with van der Waals surface area (Å²) in [7, 11) is 0. The van der Waals surface area contributed by atoms with Gasteiger partial charge >= 0.3 is 5.97 Å². The molecule has 1 aliphatic rings. The third-order valence-electron chi connectivity index (χ3n) is 3.27. The van der Waals surface area contributed by atoms with Gasteiger partial charge in [0.05, 0.1) is 11.9 Å². The van der Waals surface area contributed by atoms with E-state index in [2.05, 4.69) is 4.98 Å². The number of carboxylic acids is 1. The highest BCUT2D eigenvalue weighted by atomic mass is 16.4. The number of carbonyl (C=O) groups is 1. The minimum Gasteiger partial charge on any atom is -0.476 e. The van der Waals surface area contributed by atoms with Gasteiger partial charge in [-0.15, -0.1) is 0 Å². The molecule has 0 aliphatic heterocycles. The Morgan fingerprint density at radius 1 is 1.56 bits per heavy atom. The van der Waals surface area contributed by atoms with Gasteiger partial charge in [0.15, 0.2) is 5.69 Å². The van der Waals surface area contributed by atoms with Crippen LogP contribution in [0, 0.1) is 0 Å². The first-order valence-corrected chi connectivity index (χ1v) is 5.47. The molecule has 1 aliphatic carbocycles. The van der Waals surface area contributed by atoms with E-state index < -0.39 is 11.6 Å². The number of rotatable bonds is 2. The number of aromatic nitrogens is 2. The fourth-order valence-electron chi connectivity index (χ4n) is 2.17. The summed E-state index contributed by atoms with van der Waals surface area (Å²) >= 11 is 0. The molecule has 0 spiro atoms. The maximum atomic E-state index is 10.7. The molecule has 1 heterocycles. The quantitative estimate of drug-likeness (QED) is 0.797. The summed E-state index contributed by atoms with van der Waals surface area (Å²) in [5.74, 6) is -0.999. The smallest absolute Gasteiger partial charge is 0.356 e. The van der Waals surface area contributed by atoms with Crippen molar-refractivity contribution >= 4 is 5.97 Å². The lowest BCUT2D eigenvalue weighted by Crippen LogP contribution is -2.31. The minimum absolute atomic E-state index is 0.0809. The second kappa shape index (κ2) is 3.90. The van der Waals surface area contributed by atoms with Crippen LogP contribution < -0.4 is 0 Å². The van der Waals surface area contributed by atoms with Crippen LogP contribution in [0.1, 0.15) is 49.1 Å². The van der Waals surface area contributed by atoms with Crippen LogP contribution in [0.2, 0.25) is 0 Å². The van der Waals surface area contributed by atoms with Gasteiger partial charge in [-0.05, 0) is 32.6 Å². The first kappa shape index (κ1) is 11.1. The predicted molar refractivity (Wildman–Crippen MR) is 57.3 cm³/mol. The standard InChI is InChI=1S/C11H16N2O3/c1-11(16)4-2-8(3-5-11)13-6-9(10(14)15)12-7-13/h6-8,16H,2-5H2,1H3,(H,14,15). The third kappa shape index (κ3) is 2.24. The molecule has 2 N–H and O–H groups in total. The molecule has 0 saturated heterocycles. The molecule has 16 heavy (non-hydrogen) atoms. The van der Waals surface area contributed by atoms with Crippen molar-refractivity contribution in [1.29, 1.82) is 0 Å². The molecule has 0 radical (unpaired) electrons. The van der Waals surface area contributed by atoms with Crippen LogP contribution in [0.25, 0.3) is 0 Å². The zero-order chi connectivity index (χ0) is 11.8. The van der Waals surface area contributed by atoms with Gasteiger partial charge in [0.2, 0.25) is 0 Å². The second-order valence-corrected chi connectivity index (χ2v) is 4.74. The van der Waals surface area contributed by atoms with E-state index in [1.54, 1.807) is 12.5 Å². The Morgan fingerprint density at radius 2 is 2.19 bits per heavy atom. The van der Waals surface area contributed by atoms with Gasteiger partial charge in [0.1, 0.15) is 0 Å². The van der Waals surface area contributed by atoms with Crippen LogP contribution in [-0.2, 0) is 0 Å². The monoisotopic (exact) mass is 224 g/mol. The predicted octanol–water partition coefficient (Wildman–Crippen LogP) is 1.45. The summed E-state index contributed by atoms with van der Waals surface area (Å²) < 4.78 is 1.85. The summed E-state index contributed by atoms with van der Waals surface area (Å²) in [5, 5.41) is 18.6. The van der Waals surface area contributed by atoms with Crippen LogP contribution in [-0.4, -0.2) is 31.3 Å². The maximum Gasteiger partial charge on any atom is 0.356 e. The van der Waals surface area contributed by atoms with Crippen molar-refractivity contribution in [3.05, 3.63) is 18.2 Å². The number of hydrogen-bond donors (Lipinski definition) is 2. The lowest BCUT2D eigenvalue weighted by atomic mass is 9.83. The molecule has 1 aromatic rings. The van der Waals surface area contributed by atoms with Crippen molar-refractivity contribution < 1.29 is 15.0 Å². The first-order chi connectivity index (χ1) is 7.48. The number of hydrogen-bond acceptors (Lipinski definition) is 3. The zero-order valence-electron chi connectivity index (χ0n) is 9.26. The van der Waals surface area contributed by atoms with E-state index in [4.69, 9.17) is 5.11 Å². The molecule has 5 heteroatoms. The third-order valence-corrected chi connectivity index (χ3v) is 3.27. The van der Waals surface area contributed by atoms with Crippen LogP contribution in [0.3, 0.4) is 0 Å². The van der Waals surface area contributed by atoms with Gasteiger partial charge in [-0.2, -0.15) is 0 Å². The average Bonchev–Trinajstić information content (AvgIpc) is 2.66. The van der Waals surface area contributed by atoms with Gasteiger partial charge in [0, 0.05) is 12.2 Å². The number of aliphatic hydroxyl groups is 1.